The van der Waals surface area contributed by atoms with E-state index in [1.54, 1.807) is 12.1 Å². The molecule has 30 heavy (non-hydrogen) atoms. The van der Waals surface area contributed by atoms with Gasteiger partial charge >= 0.3 is 11.9 Å². The summed E-state index contributed by atoms with van der Waals surface area (Å²) in [5.41, 5.74) is 0.234. The molecule has 0 bridgehead atoms. The fourth-order valence-electron chi connectivity index (χ4n) is 2.89. The Bertz CT molecular complexity index is 885. The summed E-state index contributed by atoms with van der Waals surface area (Å²) in [6.45, 7) is 11.7. The molecule has 2 rings (SSSR count). The van der Waals surface area contributed by atoms with Crippen molar-refractivity contribution in [2.45, 2.75) is 52.2 Å². The average molecular weight is 439 g/mol. The van der Waals surface area contributed by atoms with Crippen LogP contribution >= 0.6 is 0 Å². The number of hydrogen-bond donors (Lipinski definition) is 1. The minimum atomic E-state index is -3.63. The van der Waals surface area contributed by atoms with Gasteiger partial charge in [0, 0.05) is 38.8 Å². The van der Waals surface area contributed by atoms with Crippen LogP contribution in [-0.2, 0) is 29.1 Å². The average Bonchev–Trinajstić information content (AvgIpc) is 2.59. The van der Waals surface area contributed by atoms with E-state index in [2.05, 4.69) is 5.32 Å². The molecule has 1 aliphatic rings. The Labute approximate surface area is 178 Å². The van der Waals surface area contributed by atoms with Crippen LogP contribution in [0.1, 0.15) is 41.5 Å². The number of cyclic esters (lactones) is 2. The molecule has 0 amide bonds. The number of anilines is 1. The summed E-state index contributed by atoms with van der Waals surface area (Å²) >= 11 is 0. The van der Waals surface area contributed by atoms with Crippen molar-refractivity contribution >= 4 is 27.6 Å². The van der Waals surface area contributed by atoms with Gasteiger partial charge in [0.15, 0.2) is 5.57 Å². The molecular formula is C21H30N2O6S. The van der Waals surface area contributed by atoms with E-state index in [9.17, 15) is 18.0 Å². The summed E-state index contributed by atoms with van der Waals surface area (Å²) in [4.78, 5) is 24.1. The second-order valence-corrected chi connectivity index (χ2v) is 10.5. The maximum atomic E-state index is 13.0. The zero-order valence-electron chi connectivity index (χ0n) is 18.3. The number of hydrogen-bond acceptors (Lipinski definition) is 7. The molecule has 1 aliphatic heterocycles. The number of nitrogens with one attached hydrogen (secondary N) is 1. The highest BCUT2D eigenvalue weighted by Crippen LogP contribution is 2.24. The van der Waals surface area contributed by atoms with Crippen LogP contribution in [0.25, 0.3) is 0 Å². The van der Waals surface area contributed by atoms with Gasteiger partial charge in [-0.15, -0.1) is 0 Å². The SMILES string of the molecule is CC(C)CN(CC(C)C)S(=O)(=O)c1ccc(NC=C2C(=O)OC(C)(C)OC2=O)cc1. The van der Waals surface area contributed by atoms with E-state index >= 15 is 0 Å². The van der Waals surface area contributed by atoms with Gasteiger partial charge in [-0.25, -0.2) is 18.0 Å². The normalized spacial score (nSPS) is 16.6. The lowest BCUT2D eigenvalue weighted by atomic mass is 10.2. The molecule has 0 aromatic heterocycles. The summed E-state index contributed by atoms with van der Waals surface area (Å²) < 4.78 is 37.6. The van der Waals surface area contributed by atoms with Crippen molar-refractivity contribution in [3.05, 3.63) is 36.0 Å². The van der Waals surface area contributed by atoms with Gasteiger partial charge in [-0.05, 0) is 36.1 Å². The van der Waals surface area contributed by atoms with Crippen LogP contribution in [0.4, 0.5) is 5.69 Å². The summed E-state index contributed by atoms with van der Waals surface area (Å²) in [6, 6.07) is 6.11. The lowest BCUT2D eigenvalue weighted by molar-refractivity contribution is -0.222. The third-order valence-corrected chi connectivity index (χ3v) is 5.98. The summed E-state index contributed by atoms with van der Waals surface area (Å²) in [5, 5.41) is 2.80. The Kier molecular flexibility index (Phi) is 7.31. The van der Waals surface area contributed by atoms with E-state index in [1.165, 1.54) is 36.5 Å². The Morgan fingerprint density at radius 1 is 0.967 bits per heavy atom. The first-order valence-corrected chi connectivity index (χ1v) is 11.3. The van der Waals surface area contributed by atoms with Crippen LogP contribution in [0.15, 0.2) is 40.9 Å². The van der Waals surface area contributed by atoms with Crippen molar-refractivity contribution < 1.29 is 27.5 Å². The number of carbonyl (C=O) groups excluding carboxylic acids is 2. The second-order valence-electron chi connectivity index (χ2n) is 8.52. The summed E-state index contributed by atoms with van der Waals surface area (Å²) in [5.74, 6) is -2.49. The van der Waals surface area contributed by atoms with Gasteiger partial charge in [0.1, 0.15) is 0 Å². The fourth-order valence-corrected chi connectivity index (χ4v) is 4.66. The summed E-state index contributed by atoms with van der Waals surface area (Å²) in [6.07, 6.45) is 1.19. The minimum Gasteiger partial charge on any atom is -0.419 e. The van der Waals surface area contributed by atoms with Gasteiger partial charge in [-0.2, -0.15) is 4.31 Å². The molecule has 0 radical (unpaired) electrons. The first kappa shape index (κ1) is 23.9. The molecule has 1 aromatic carbocycles. The van der Waals surface area contributed by atoms with Crippen LogP contribution in [-0.4, -0.2) is 43.5 Å². The Balaban J connectivity index is 2.17. The van der Waals surface area contributed by atoms with Gasteiger partial charge in [-0.3, -0.25) is 0 Å². The number of esters is 2. The lowest BCUT2D eigenvalue weighted by Crippen LogP contribution is -2.42. The molecule has 166 valence electrons. The quantitative estimate of drug-likeness (QED) is 0.378. The number of carbonyl (C=O) groups is 2. The molecule has 0 atom stereocenters. The van der Waals surface area contributed by atoms with Crippen molar-refractivity contribution in [1.82, 2.24) is 4.31 Å². The Hall–Kier alpha value is -2.39. The molecule has 0 spiro atoms. The van der Waals surface area contributed by atoms with Crippen molar-refractivity contribution in [3.63, 3.8) is 0 Å². The maximum Gasteiger partial charge on any atom is 0.350 e. The van der Waals surface area contributed by atoms with Crippen LogP contribution in [0.5, 0.6) is 0 Å². The van der Waals surface area contributed by atoms with Crippen LogP contribution in [0, 0.1) is 11.8 Å². The van der Waals surface area contributed by atoms with Crippen LogP contribution in [0.2, 0.25) is 0 Å². The molecule has 9 heteroatoms. The molecule has 1 fully saturated rings. The zero-order valence-corrected chi connectivity index (χ0v) is 19.1. The van der Waals surface area contributed by atoms with Crippen molar-refractivity contribution in [1.29, 1.82) is 0 Å². The van der Waals surface area contributed by atoms with Gasteiger partial charge in [-0.1, -0.05) is 27.7 Å². The monoisotopic (exact) mass is 438 g/mol. The smallest absolute Gasteiger partial charge is 0.350 e. The molecule has 0 saturated carbocycles. The van der Waals surface area contributed by atoms with E-state index in [0.29, 0.717) is 18.8 Å². The fraction of sp³-hybridized carbons (Fsp3) is 0.524. The first-order valence-electron chi connectivity index (χ1n) is 9.85. The molecule has 1 aromatic rings. The van der Waals surface area contributed by atoms with Gasteiger partial charge in [0.05, 0.1) is 4.90 Å². The van der Waals surface area contributed by atoms with Gasteiger partial charge in [0.25, 0.3) is 5.79 Å². The predicted octanol–water partition coefficient (Wildman–Crippen LogP) is 3.12. The summed E-state index contributed by atoms with van der Waals surface area (Å²) in [7, 11) is -3.63. The molecule has 0 aliphatic carbocycles. The first-order chi connectivity index (χ1) is 13.8. The van der Waals surface area contributed by atoms with Crippen LogP contribution in [0.3, 0.4) is 0 Å². The molecule has 1 saturated heterocycles. The Morgan fingerprint density at radius 2 is 1.43 bits per heavy atom. The molecular weight excluding hydrogens is 408 g/mol. The predicted molar refractivity (Wildman–Crippen MR) is 113 cm³/mol. The standard InChI is InChI=1S/C21H30N2O6S/c1-14(2)12-23(13-15(3)4)30(26,27)17-9-7-16(8-10-17)22-11-18-19(24)28-21(5,6)29-20(18)25/h7-11,14-15,22H,12-13H2,1-6H3. The number of ether oxygens (including phenoxy) is 2. The third kappa shape index (κ3) is 6.06. The highest BCUT2D eigenvalue weighted by Gasteiger charge is 2.39. The van der Waals surface area contributed by atoms with Crippen LogP contribution < -0.4 is 5.32 Å². The number of rotatable bonds is 8. The molecule has 1 heterocycles. The second kappa shape index (κ2) is 9.18. The number of nitrogens with zero attached hydrogens (tertiary/aromatic N) is 1. The van der Waals surface area contributed by atoms with Gasteiger partial charge < -0.3 is 14.8 Å². The van der Waals surface area contributed by atoms with E-state index in [4.69, 9.17) is 9.47 Å². The van der Waals surface area contributed by atoms with E-state index in [1.807, 2.05) is 27.7 Å². The Morgan fingerprint density at radius 3 is 1.87 bits per heavy atom. The van der Waals surface area contributed by atoms with E-state index in [-0.39, 0.29) is 22.3 Å². The van der Waals surface area contributed by atoms with E-state index in [0.717, 1.165) is 0 Å². The number of sulfonamides is 1. The van der Waals surface area contributed by atoms with Gasteiger partial charge in [0.2, 0.25) is 10.0 Å². The molecule has 8 nitrogen and oxygen atoms in total. The largest absolute Gasteiger partial charge is 0.419 e. The topological polar surface area (TPSA) is 102 Å². The molecule has 1 N–H and O–H groups in total. The highest BCUT2D eigenvalue weighted by atomic mass is 32.2. The third-order valence-electron chi connectivity index (χ3n) is 4.13. The van der Waals surface area contributed by atoms with E-state index < -0.39 is 27.7 Å². The zero-order chi connectivity index (χ0) is 22.7. The minimum absolute atomic E-state index is 0.181. The van der Waals surface area contributed by atoms with Crippen molar-refractivity contribution in [2.24, 2.45) is 11.8 Å². The maximum absolute atomic E-state index is 13.0. The van der Waals surface area contributed by atoms with Crippen molar-refractivity contribution in [2.75, 3.05) is 18.4 Å². The number of benzene rings is 1. The lowest BCUT2D eigenvalue weighted by Gasteiger charge is -2.29. The van der Waals surface area contributed by atoms with Crippen molar-refractivity contribution in [3.8, 4) is 0 Å². The molecule has 0 unspecified atom stereocenters. The highest BCUT2D eigenvalue weighted by molar-refractivity contribution is 7.89.